The number of fused-ring (bicyclic) bond motifs is 2. The lowest BCUT2D eigenvalue weighted by atomic mass is 9.98. The summed E-state index contributed by atoms with van der Waals surface area (Å²) in [6, 6.07) is 93.8. The minimum absolute atomic E-state index is 0.645. The van der Waals surface area contributed by atoms with Gasteiger partial charge in [0.25, 0.3) is 0 Å². The average Bonchev–Trinajstić information content (AvgIpc) is 3.76. The van der Waals surface area contributed by atoms with Gasteiger partial charge in [0, 0.05) is 76.2 Å². The highest BCUT2D eigenvalue weighted by molar-refractivity contribution is 9.10. The molecule has 0 aliphatic rings. The minimum atomic E-state index is 0.645. The van der Waals surface area contributed by atoms with Crippen molar-refractivity contribution in [1.82, 2.24) is 39.9 Å². The molecule has 84 heavy (non-hydrogen) atoms. The highest BCUT2D eigenvalue weighted by atomic mass is 79.9. The zero-order valence-corrected chi connectivity index (χ0v) is 48.2. The Morgan fingerprint density at radius 3 is 0.964 bits per heavy atom. The smallest absolute Gasteiger partial charge is 0.164 e. The first-order valence-electron chi connectivity index (χ1n) is 27.4. The largest absolute Gasteiger partial charge is 0.252 e. The van der Waals surface area contributed by atoms with Crippen LogP contribution in [-0.2, 0) is 0 Å². The van der Waals surface area contributed by atoms with Crippen molar-refractivity contribution >= 4 is 49.1 Å². The van der Waals surface area contributed by atoms with E-state index in [-0.39, 0.29) is 0 Å². The van der Waals surface area contributed by atoms with Crippen LogP contribution in [0.5, 0.6) is 0 Å². The molecule has 0 spiro atoms. The van der Waals surface area contributed by atoms with E-state index in [1.165, 1.54) is 16.2 Å². The van der Waals surface area contributed by atoms with Crippen LogP contribution in [0, 0.1) is 13.8 Å². The molecule has 14 aromatic rings. The Labute approximate surface area is 501 Å². The van der Waals surface area contributed by atoms with Gasteiger partial charge in [0.1, 0.15) is 0 Å². The van der Waals surface area contributed by atoms with Crippen LogP contribution < -0.4 is 0 Å². The van der Waals surface area contributed by atoms with E-state index in [9.17, 15) is 0 Å². The van der Waals surface area contributed by atoms with Crippen molar-refractivity contribution in [3.63, 3.8) is 0 Å². The summed E-state index contributed by atoms with van der Waals surface area (Å²) in [5.41, 5.74) is 14.2. The van der Waals surface area contributed by atoms with E-state index in [2.05, 4.69) is 123 Å². The Bertz CT molecular complexity index is 4460. The molecule has 10 aromatic carbocycles. The fourth-order valence-corrected chi connectivity index (χ4v) is 10.4. The van der Waals surface area contributed by atoms with Crippen LogP contribution in [0.4, 0.5) is 0 Å². The summed E-state index contributed by atoms with van der Waals surface area (Å²) in [6.07, 6.45) is 0. The third-order valence-corrected chi connectivity index (χ3v) is 14.7. The van der Waals surface area contributed by atoms with E-state index < -0.39 is 0 Å². The van der Waals surface area contributed by atoms with Crippen LogP contribution in [0.1, 0.15) is 11.4 Å². The lowest BCUT2D eigenvalue weighted by molar-refractivity contribution is 1.07. The van der Waals surface area contributed by atoms with Gasteiger partial charge in [-0.05, 0) is 78.2 Å². The number of halogens is 2. The standard InChI is InChI=1S/C37H26N4.C21H14BrN3.C16H12ClN/c1-25-23-31-15-8-9-18-33(31)34(38-25)27-21-19-26(20-22-27)30-16-10-17-32(24-30)37-40-35(28-11-4-2-5-12-28)39-36(41-37)29-13-6-3-7-14-29;22-18-13-7-12-17(14-18)21-24-19(15-8-3-1-4-9-15)23-20(25-21)16-10-5-2-6-11-16;1-11-10-13-4-2-3-5-15(13)16(18-11)12-6-8-14(17)9-7-12/h2-24H,1H3;1-14H;2-10H,1H3. The molecule has 0 saturated heterocycles. The summed E-state index contributed by atoms with van der Waals surface area (Å²) in [5.74, 6) is 3.96. The Kier molecular flexibility index (Phi) is 16.4. The molecule has 0 amide bonds. The maximum atomic E-state index is 5.93. The number of aromatic nitrogens is 8. The first-order valence-corrected chi connectivity index (χ1v) is 28.6. The van der Waals surface area contributed by atoms with Gasteiger partial charge in [0.2, 0.25) is 0 Å². The van der Waals surface area contributed by atoms with Crippen LogP contribution in [0.15, 0.2) is 284 Å². The van der Waals surface area contributed by atoms with E-state index in [0.29, 0.717) is 34.9 Å². The molecule has 4 heterocycles. The van der Waals surface area contributed by atoms with Crippen molar-refractivity contribution in [3.05, 3.63) is 300 Å². The highest BCUT2D eigenvalue weighted by Gasteiger charge is 2.16. The Morgan fingerprint density at radius 1 is 0.250 bits per heavy atom. The number of benzene rings is 10. The summed E-state index contributed by atoms with van der Waals surface area (Å²) >= 11 is 9.44. The van der Waals surface area contributed by atoms with E-state index in [1.807, 2.05) is 196 Å². The molecule has 402 valence electrons. The zero-order valence-electron chi connectivity index (χ0n) is 45.9. The summed E-state index contributed by atoms with van der Waals surface area (Å²) in [5, 5.41) is 5.50. The molecule has 0 atom stereocenters. The van der Waals surface area contributed by atoms with Crippen molar-refractivity contribution in [2.75, 3.05) is 0 Å². The van der Waals surface area contributed by atoms with E-state index in [0.717, 1.165) is 93.3 Å². The first-order chi connectivity index (χ1) is 41.2. The quantitative estimate of drug-likeness (QED) is 0.141. The number of rotatable bonds is 9. The summed E-state index contributed by atoms with van der Waals surface area (Å²) in [6.45, 7) is 4.06. The number of nitrogens with zero attached hydrogens (tertiary/aromatic N) is 8. The van der Waals surface area contributed by atoms with Gasteiger partial charge in [-0.1, -0.05) is 264 Å². The van der Waals surface area contributed by atoms with Crippen LogP contribution in [0.3, 0.4) is 0 Å². The van der Waals surface area contributed by atoms with Gasteiger partial charge >= 0.3 is 0 Å². The molecule has 0 unspecified atom stereocenters. The van der Waals surface area contributed by atoms with Crippen molar-refractivity contribution < 1.29 is 0 Å². The van der Waals surface area contributed by atoms with Crippen LogP contribution in [-0.4, -0.2) is 39.9 Å². The lowest BCUT2D eigenvalue weighted by Gasteiger charge is -2.11. The van der Waals surface area contributed by atoms with Crippen LogP contribution >= 0.6 is 27.5 Å². The molecule has 0 bridgehead atoms. The van der Waals surface area contributed by atoms with Gasteiger partial charge < -0.3 is 0 Å². The summed E-state index contributed by atoms with van der Waals surface area (Å²) in [7, 11) is 0. The van der Waals surface area contributed by atoms with Gasteiger partial charge in [-0.3, -0.25) is 9.97 Å². The predicted octanol–water partition coefficient (Wildman–Crippen LogP) is 19.6. The molecule has 0 radical (unpaired) electrons. The predicted molar refractivity (Wildman–Crippen MR) is 348 cm³/mol. The number of pyridine rings is 2. The van der Waals surface area contributed by atoms with Gasteiger partial charge in [0.15, 0.2) is 34.9 Å². The molecular formula is C74H52BrClN8. The van der Waals surface area contributed by atoms with E-state index >= 15 is 0 Å². The second kappa shape index (κ2) is 25.3. The summed E-state index contributed by atoms with van der Waals surface area (Å²) < 4.78 is 0.993. The fraction of sp³-hybridized carbons (Fsp3) is 0.0270. The SMILES string of the molecule is Brc1cccc(-c2nc(-c3ccccc3)nc(-c3ccccc3)n2)c1.Cc1cc2ccccc2c(-c2ccc(-c3cccc(-c4nc(-c5ccccc5)nc(-c5ccccc5)n4)c3)cc2)n1.Cc1cc2ccccc2c(-c2ccc(Cl)cc2)n1. The molecule has 10 heteroatoms. The average molecular weight is 1170 g/mol. The third kappa shape index (κ3) is 12.8. The van der Waals surface area contributed by atoms with Gasteiger partial charge in [-0.2, -0.15) is 0 Å². The summed E-state index contributed by atoms with van der Waals surface area (Å²) in [4.78, 5) is 38.2. The Morgan fingerprint density at radius 2 is 0.560 bits per heavy atom. The lowest BCUT2D eigenvalue weighted by Crippen LogP contribution is -2.00. The maximum Gasteiger partial charge on any atom is 0.164 e. The van der Waals surface area contributed by atoms with Gasteiger partial charge in [-0.15, -0.1) is 0 Å². The first kappa shape index (κ1) is 54.4. The van der Waals surface area contributed by atoms with E-state index in [4.69, 9.17) is 41.5 Å². The molecule has 0 aliphatic carbocycles. The Balaban J connectivity index is 0.000000137. The van der Waals surface area contributed by atoms with Gasteiger partial charge in [0.05, 0.1) is 11.4 Å². The second-order valence-corrected chi connectivity index (χ2v) is 21.3. The monoisotopic (exact) mass is 1170 g/mol. The normalized spacial score (nSPS) is 10.9. The molecule has 8 nitrogen and oxygen atoms in total. The number of hydrogen-bond donors (Lipinski definition) is 0. The topological polar surface area (TPSA) is 103 Å². The second-order valence-electron chi connectivity index (χ2n) is 19.9. The van der Waals surface area contributed by atoms with Crippen molar-refractivity contribution in [2.24, 2.45) is 0 Å². The van der Waals surface area contributed by atoms with Crippen LogP contribution in [0.2, 0.25) is 5.02 Å². The molecular weight excluding hydrogens is 1120 g/mol. The molecule has 14 rings (SSSR count). The maximum absolute atomic E-state index is 5.93. The molecule has 0 aliphatic heterocycles. The van der Waals surface area contributed by atoms with Crippen LogP contribution in [0.25, 0.3) is 124 Å². The fourth-order valence-electron chi connectivity index (χ4n) is 9.87. The number of hydrogen-bond acceptors (Lipinski definition) is 8. The third-order valence-electron chi connectivity index (χ3n) is 13.9. The van der Waals surface area contributed by atoms with Gasteiger partial charge in [-0.25, -0.2) is 29.9 Å². The minimum Gasteiger partial charge on any atom is -0.252 e. The van der Waals surface area contributed by atoms with Crippen molar-refractivity contribution in [2.45, 2.75) is 13.8 Å². The molecule has 4 aromatic heterocycles. The zero-order chi connectivity index (χ0) is 57.2. The van der Waals surface area contributed by atoms with E-state index in [1.54, 1.807) is 0 Å². The number of aryl methyl sites for hydroxylation is 2. The molecule has 0 fully saturated rings. The van der Waals surface area contributed by atoms with Crippen molar-refractivity contribution in [3.8, 4) is 102 Å². The van der Waals surface area contributed by atoms with Crippen molar-refractivity contribution in [1.29, 1.82) is 0 Å². The molecule has 0 N–H and O–H groups in total. The highest BCUT2D eigenvalue weighted by Crippen LogP contribution is 2.34. The Hall–Kier alpha value is -10.2. The molecule has 0 saturated carbocycles.